The summed E-state index contributed by atoms with van der Waals surface area (Å²) >= 11 is 2.51. The highest BCUT2D eigenvalue weighted by molar-refractivity contribution is 8.01. The van der Waals surface area contributed by atoms with E-state index in [9.17, 15) is 19.2 Å². The molecule has 10 nitrogen and oxygen atoms in total. The molecule has 5 aliphatic heterocycles. The summed E-state index contributed by atoms with van der Waals surface area (Å²) in [5.41, 5.74) is 1.35. The Labute approximate surface area is 216 Å². The van der Waals surface area contributed by atoms with Crippen LogP contribution in [0, 0.1) is 0 Å². The second kappa shape index (κ2) is 8.91. The molecule has 0 spiro atoms. The van der Waals surface area contributed by atoms with Crippen molar-refractivity contribution in [3.05, 3.63) is 48.3 Å². The average molecular weight is 535 g/mol. The van der Waals surface area contributed by atoms with E-state index in [0.29, 0.717) is 11.1 Å². The Bertz CT molecular complexity index is 1060. The fourth-order valence-corrected chi connectivity index (χ4v) is 7.74. The number of piperazine rings is 1. The van der Waals surface area contributed by atoms with Gasteiger partial charge in [-0.15, -0.1) is 23.5 Å². The van der Waals surface area contributed by atoms with Crippen LogP contribution < -0.4 is 0 Å². The second-order valence-corrected chi connectivity index (χ2v) is 11.2. The van der Waals surface area contributed by atoms with Crippen molar-refractivity contribution < 1.29 is 38.1 Å². The van der Waals surface area contributed by atoms with Crippen LogP contribution in [-0.4, -0.2) is 80.1 Å². The van der Waals surface area contributed by atoms with Crippen LogP contribution in [0.4, 0.5) is 0 Å². The Morgan fingerprint density at radius 3 is 1.56 bits per heavy atom. The second-order valence-electron chi connectivity index (χ2n) is 9.03. The molecule has 5 heterocycles. The van der Waals surface area contributed by atoms with Crippen molar-refractivity contribution in [2.24, 2.45) is 0 Å². The average Bonchev–Trinajstić information content (AvgIpc) is 3.21. The molecule has 0 aromatic rings. The highest BCUT2D eigenvalue weighted by Crippen LogP contribution is 2.59. The summed E-state index contributed by atoms with van der Waals surface area (Å²) in [6, 6.07) is -1.41. The molecular formula is C24H26N2O8S2. The van der Waals surface area contributed by atoms with Crippen LogP contribution in [0.5, 0.6) is 0 Å². The highest BCUT2D eigenvalue weighted by Gasteiger charge is 2.73. The normalized spacial score (nSPS) is 36.2. The monoisotopic (exact) mass is 534 g/mol. The predicted octanol–water partition coefficient (Wildman–Crippen LogP) is 2.04. The largest absolute Gasteiger partial charge is 0.473 e. The number of nitrogens with zero attached hydrogens (tertiary/aromatic N) is 2. The Morgan fingerprint density at radius 2 is 1.22 bits per heavy atom. The van der Waals surface area contributed by atoms with Crippen molar-refractivity contribution in [3.63, 3.8) is 0 Å². The first-order valence-corrected chi connectivity index (χ1v) is 13.8. The van der Waals surface area contributed by atoms with Crippen LogP contribution >= 0.6 is 23.5 Å². The van der Waals surface area contributed by atoms with Gasteiger partial charge in [0.1, 0.15) is 12.2 Å². The molecule has 5 rings (SSSR count). The maximum atomic E-state index is 14.6. The van der Waals surface area contributed by atoms with Crippen LogP contribution in [0.3, 0.4) is 0 Å². The molecule has 5 aliphatic rings. The molecule has 6 atom stereocenters. The van der Waals surface area contributed by atoms with Crippen LogP contribution in [0.2, 0.25) is 0 Å². The number of fused-ring (bicyclic) bond motifs is 6. The van der Waals surface area contributed by atoms with E-state index in [1.807, 2.05) is 0 Å². The Hall–Kier alpha value is -2.86. The van der Waals surface area contributed by atoms with Crippen molar-refractivity contribution >= 4 is 47.3 Å². The number of rotatable bonds is 4. The van der Waals surface area contributed by atoms with E-state index in [-0.39, 0.29) is 24.7 Å². The number of hydrogen-bond donors (Lipinski definition) is 0. The fourth-order valence-electron chi connectivity index (χ4n) is 5.78. The van der Waals surface area contributed by atoms with Crippen molar-refractivity contribution in [3.8, 4) is 0 Å². The number of hydrogen-bond acceptors (Lipinski definition) is 10. The van der Waals surface area contributed by atoms with Gasteiger partial charge in [-0.1, -0.05) is 0 Å². The van der Waals surface area contributed by atoms with Gasteiger partial charge in [0.25, 0.3) is 11.8 Å². The van der Waals surface area contributed by atoms with Crippen LogP contribution in [0.25, 0.3) is 0 Å². The Balaban J connectivity index is 1.67. The van der Waals surface area contributed by atoms with Gasteiger partial charge in [0.2, 0.25) is 0 Å². The molecule has 12 heteroatoms. The minimum absolute atomic E-state index is 0.195. The van der Waals surface area contributed by atoms with E-state index in [4.69, 9.17) is 18.9 Å². The molecule has 0 unspecified atom stereocenters. The standard InChI is InChI=1S/C24H26N2O8S2/c1-13(27)33-17-5-7-31-11-15-9-23(35-3)22(30)26-20-16(12-32-8-6-18(20)34-14(2)28)10-24(26,36-4)21(29)25(23)19(15)17/h5-8,11-12,17-20H,9-10H2,1-4H3/t17-,18-,19-,20-,23+,24+/m0/s1. The van der Waals surface area contributed by atoms with Crippen LogP contribution in [0.1, 0.15) is 26.7 Å². The van der Waals surface area contributed by atoms with Gasteiger partial charge in [-0.3, -0.25) is 19.2 Å². The molecule has 2 amide bonds. The summed E-state index contributed by atoms with van der Waals surface area (Å²) in [5, 5.41) is 0. The molecule has 3 saturated heterocycles. The van der Waals surface area contributed by atoms with Gasteiger partial charge in [0.15, 0.2) is 9.74 Å². The third kappa shape index (κ3) is 3.41. The van der Waals surface area contributed by atoms with Crippen molar-refractivity contribution in [1.82, 2.24) is 9.80 Å². The molecular weight excluding hydrogens is 508 g/mol. The van der Waals surface area contributed by atoms with Crippen molar-refractivity contribution in [2.75, 3.05) is 12.5 Å². The summed E-state index contributed by atoms with van der Waals surface area (Å²) in [6.45, 7) is 2.60. The van der Waals surface area contributed by atoms with Gasteiger partial charge in [-0.2, -0.15) is 0 Å². The Kier molecular flexibility index (Phi) is 6.14. The molecule has 36 heavy (non-hydrogen) atoms. The van der Waals surface area contributed by atoms with Gasteiger partial charge in [-0.05, 0) is 35.8 Å². The zero-order chi connectivity index (χ0) is 25.8. The first kappa shape index (κ1) is 24.8. The number of amides is 2. The summed E-state index contributed by atoms with van der Waals surface area (Å²) in [5.74, 6) is -1.59. The lowest BCUT2D eigenvalue weighted by Gasteiger charge is -2.54. The minimum atomic E-state index is -1.30. The van der Waals surface area contributed by atoms with E-state index in [1.165, 1.54) is 62.4 Å². The topological polar surface area (TPSA) is 112 Å². The molecule has 3 fully saturated rings. The zero-order valence-electron chi connectivity index (χ0n) is 20.2. The molecule has 0 N–H and O–H groups in total. The number of ether oxygens (including phenoxy) is 4. The quantitative estimate of drug-likeness (QED) is 0.497. The molecule has 192 valence electrons. The van der Waals surface area contributed by atoms with E-state index < -0.39 is 46.0 Å². The molecule has 0 saturated carbocycles. The minimum Gasteiger partial charge on any atom is -0.473 e. The van der Waals surface area contributed by atoms with Gasteiger partial charge in [0.05, 0.1) is 37.1 Å². The number of esters is 2. The molecule has 0 radical (unpaired) electrons. The smallest absolute Gasteiger partial charge is 0.303 e. The number of carbonyl (C=O) groups is 4. The van der Waals surface area contributed by atoms with E-state index in [1.54, 1.807) is 34.5 Å². The van der Waals surface area contributed by atoms with Gasteiger partial charge >= 0.3 is 11.9 Å². The van der Waals surface area contributed by atoms with Crippen LogP contribution in [0.15, 0.2) is 48.3 Å². The van der Waals surface area contributed by atoms with E-state index in [2.05, 4.69) is 0 Å². The number of carbonyl (C=O) groups excluding carboxylic acids is 4. The van der Waals surface area contributed by atoms with Crippen LogP contribution in [-0.2, 0) is 38.1 Å². The lowest BCUT2D eigenvalue weighted by atomic mass is 10.0. The molecule has 0 aromatic heterocycles. The summed E-state index contributed by atoms with van der Waals surface area (Å²) in [7, 11) is 0. The molecule has 0 bridgehead atoms. The van der Waals surface area contributed by atoms with E-state index >= 15 is 0 Å². The summed E-state index contributed by atoms with van der Waals surface area (Å²) < 4.78 is 22.1. The third-order valence-electron chi connectivity index (χ3n) is 7.12. The van der Waals surface area contributed by atoms with Crippen molar-refractivity contribution in [2.45, 2.75) is 60.7 Å². The predicted molar refractivity (Wildman–Crippen MR) is 131 cm³/mol. The van der Waals surface area contributed by atoms with Gasteiger partial charge in [0, 0.05) is 26.7 Å². The number of thioether (sulfide) groups is 2. The first-order chi connectivity index (χ1) is 17.2. The summed E-state index contributed by atoms with van der Waals surface area (Å²) in [4.78, 5) is 53.6. The van der Waals surface area contributed by atoms with Gasteiger partial charge < -0.3 is 28.7 Å². The van der Waals surface area contributed by atoms with Gasteiger partial charge in [-0.25, -0.2) is 0 Å². The Morgan fingerprint density at radius 1 is 0.833 bits per heavy atom. The third-order valence-corrected chi connectivity index (χ3v) is 9.50. The lowest BCUT2D eigenvalue weighted by molar-refractivity contribution is -0.171. The maximum Gasteiger partial charge on any atom is 0.303 e. The molecule has 0 aromatic carbocycles. The SMILES string of the molecule is CS[C@@]12CC3=COC=C[C@H](OC(C)=O)[C@H]3N1C(=O)[C@]1(SC)CC3=COC=C[C@H](OC(C)=O)[C@H]3N1C2=O. The maximum absolute atomic E-state index is 14.6. The zero-order valence-corrected chi connectivity index (χ0v) is 21.8. The molecule has 0 aliphatic carbocycles. The van der Waals surface area contributed by atoms with Crippen molar-refractivity contribution in [1.29, 1.82) is 0 Å². The highest BCUT2D eigenvalue weighted by atomic mass is 32.2. The summed E-state index contributed by atoms with van der Waals surface area (Å²) in [6.07, 6.45) is 11.3. The first-order valence-electron chi connectivity index (χ1n) is 11.3. The van der Waals surface area contributed by atoms with E-state index in [0.717, 1.165) is 0 Å². The lowest BCUT2D eigenvalue weighted by Crippen LogP contribution is -2.74. The fraction of sp³-hybridized carbons (Fsp3) is 0.500.